The summed E-state index contributed by atoms with van der Waals surface area (Å²) >= 11 is 1.64. The van der Waals surface area contributed by atoms with Gasteiger partial charge in [0.05, 0.1) is 23.9 Å². The third kappa shape index (κ3) is 4.42. The number of aromatic nitrogens is 3. The smallest absolute Gasteiger partial charge is 0.223 e. The molecule has 6 nitrogen and oxygen atoms in total. The highest BCUT2D eigenvalue weighted by Crippen LogP contribution is 2.19. The normalized spacial score (nSPS) is 17.3. The number of carbonyl (C=O) groups excluding carboxylic acids is 1. The number of carbonyl (C=O) groups is 1. The maximum Gasteiger partial charge on any atom is 0.223 e. The van der Waals surface area contributed by atoms with Crippen LogP contribution in [0.25, 0.3) is 0 Å². The van der Waals surface area contributed by atoms with Gasteiger partial charge in [-0.1, -0.05) is 0 Å². The lowest BCUT2D eigenvalue weighted by atomic mass is 10.1. The lowest BCUT2D eigenvalue weighted by Crippen LogP contribution is -2.35. The Balaban J connectivity index is 1.63. The quantitative estimate of drug-likeness (QED) is 0.829. The Bertz CT molecular complexity index is 674. The predicted molar refractivity (Wildman–Crippen MR) is 94.8 cm³/mol. The Morgan fingerprint density at radius 1 is 1.54 bits per heavy atom. The van der Waals surface area contributed by atoms with Gasteiger partial charge in [0.1, 0.15) is 0 Å². The van der Waals surface area contributed by atoms with Crippen LogP contribution in [0.5, 0.6) is 0 Å². The summed E-state index contributed by atoms with van der Waals surface area (Å²) in [6, 6.07) is 0. The molecule has 2 aromatic rings. The van der Waals surface area contributed by atoms with E-state index in [0.29, 0.717) is 18.9 Å². The molecule has 3 heterocycles. The van der Waals surface area contributed by atoms with Crippen LogP contribution in [-0.2, 0) is 24.8 Å². The Morgan fingerprint density at radius 2 is 2.42 bits per heavy atom. The molecule has 0 aliphatic carbocycles. The van der Waals surface area contributed by atoms with Crippen molar-refractivity contribution in [2.75, 3.05) is 19.6 Å². The summed E-state index contributed by atoms with van der Waals surface area (Å²) in [6.07, 6.45) is 6.24. The minimum Gasteiger partial charge on any atom is -0.337 e. The highest BCUT2D eigenvalue weighted by atomic mass is 32.1. The van der Waals surface area contributed by atoms with Crippen LogP contribution in [0.4, 0.5) is 0 Å². The minimum atomic E-state index is 0.221. The van der Waals surface area contributed by atoms with E-state index in [1.165, 1.54) is 4.88 Å². The van der Waals surface area contributed by atoms with Crippen LogP contribution in [0.15, 0.2) is 17.9 Å². The summed E-state index contributed by atoms with van der Waals surface area (Å²) < 4.78 is 1.78. The molecule has 1 atom stereocenters. The zero-order valence-corrected chi connectivity index (χ0v) is 15.2. The first-order valence-electron chi connectivity index (χ1n) is 8.47. The maximum absolute atomic E-state index is 12.8. The SMILES string of the molecule is Cc1ncsc1CN(C[C@H]1CCNC1)C(=O)CCc1cnn(C)c1. The van der Waals surface area contributed by atoms with Crippen molar-refractivity contribution >= 4 is 17.2 Å². The van der Waals surface area contributed by atoms with Gasteiger partial charge in [0.2, 0.25) is 5.91 Å². The van der Waals surface area contributed by atoms with Crippen molar-refractivity contribution in [2.45, 2.75) is 32.7 Å². The molecular weight excluding hydrogens is 322 g/mol. The summed E-state index contributed by atoms with van der Waals surface area (Å²) in [6.45, 7) is 5.59. The van der Waals surface area contributed by atoms with Crippen molar-refractivity contribution in [2.24, 2.45) is 13.0 Å². The number of nitrogens with zero attached hydrogens (tertiary/aromatic N) is 4. The van der Waals surface area contributed by atoms with E-state index in [1.807, 2.05) is 36.8 Å². The average molecular weight is 347 g/mol. The molecule has 24 heavy (non-hydrogen) atoms. The topological polar surface area (TPSA) is 63.1 Å². The largest absolute Gasteiger partial charge is 0.337 e. The first-order chi connectivity index (χ1) is 11.6. The summed E-state index contributed by atoms with van der Waals surface area (Å²) in [5.41, 5.74) is 4.01. The summed E-state index contributed by atoms with van der Waals surface area (Å²) in [5, 5.41) is 7.56. The van der Waals surface area contributed by atoms with Gasteiger partial charge in [0.15, 0.2) is 0 Å². The first-order valence-corrected chi connectivity index (χ1v) is 9.34. The second-order valence-corrected chi connectivity index (χ2v) is 7.46. The second kappa shape index (κ2) is 7.90. The number of amides is 1. The van der Waals surface area contributed by atoms with E-state index in [1.54, 1.807) is 16.0 Å². The number of rotatable bonds is 7. The average Bonchev–Trinajstić information content (AvgIpc) is 3.29. The number of thiazole rings is 1. The van der Waals surface area contributed by atoms with E-state index in [-0.39, 0.29) is 5.91 Å². The molecule has 7 heteroatoms. The van der Waals surface area contributed by atoms with Gasteiger partial charge in [-0.15, -0.1) is 11.3 Å². The molecule has 1 aliphatic rings. The lowest BCUT2D eigenvalue weighted by Gasteiger charge is -2.25. The molecule has 0 saturated carbocycles. The summed E-state index contributed by atoms with van der Waals surface area (Å²) in [4.78, 5) is 20.3. The molecule has 0 spiro atoms. The molecule has 1 fully saturated rings. The Morgan fingerprint density at radius 3 is 3.04 bits per heavy atom. The van der Waals surface area contributed by atoms with Crippen molar-refractivity contribution in [3.05, 3.63) is 34.0 Å². The van der Waals surface area contributed by atoms with E-state index in [9.17, 15) is 4.79 Å². The first kappa shape index (κ1) is 17.1. The van der Waals surface area contributed by atoms with Crippen LogP contribution in [0, 0.1) is 12.8 Å². The second-order valence-electron chi connectivity index (χ2n) is 6.52. The van der Waals surface area contributed by atoms with Crippen LogP contribution in [0.3, 0.4) is 0 Å². The standard InChI is InChI=1S/C17H25N5OS/c1-13-16(24-12-19-13)11-22(10-15-5-6-18-7-15)17(23)4-3-14-8-20-21(2)9-14/h8-9,12,15,18H,3-7,10-11H2,1-2H3/t15-/m0/s1. The van der Waals surface area contributed by atoms with Crippen LogP contribution in [-0.4, -0.2) is 45.2 Å². The Hall–Kier alpha value is -1.73. The summed E-state index contributed by atoms with van der Waals surface area (Å²) in [5.74, 6) is 0.777. The van der Waals surface area contributed by atoms with Gasteiger partial charge in [-0.3, -0.25) is 9.48 Å². The number of hydrogen-bond acceptors (Lipinski definition) is 5. The van der Waals surface area contributed by atoms with Gasteiger partial charge in [-0.05, 0) is 44.3 Å². The Labute approximate surface area is 146 Å². The van der Waals surface area contributed by atoms with Gasteiger partial charge < -0.3 is 10.2 Å². The molecule has 1 saturated heterocycles. The number of aryl methyl sites for hydroxylation is 3. The highest BCUT2D eigenvalue weighted by molar-refractivity contribution is 7.09. The van der Waals surface area contributed by atoms with Crippen LogP contribution >= 0.6 is 11.3 Å². The van der Waals surface area contributed by atoms with Crippen LogP contribution in [0.1, 0.15) is 29.0 Å². The van der Waals surface area contributed by atoms with Crippen molar-refractivity contribution in [3.8, 4) is 0 Å². The van der Waals surface area contributed by atoms with Crippen molar-refractivity contribution < 1.29 is 4.79 Å². The highest BCUT2D eigenvalue weighted by Gasteiger charge is 2.23. The number of nitrogens with one attached hydrogen (secondary N) is 1. The van der Waals surface area contributed by atoms with Gasteiger partial charge >= 0.3 is 0 Å². The zero-order chi connectivity index (χ0) is 16.9. The van der Waals surface area contributed by atoms with E-state index >= 15 is 0 Å². The molecule has 0 bridgehead atoms. The third-order valence-electron chi connectivity index (χ3n) is 4.56. The molecule has 0 radical (unpaired) electrons. The molecule has 130 valence electrons. The molecule has 1 amide bonds. The molecule has 2 aromatic heterocycles. The van der Waals surface area contributed by atoms with Crippen molar-refractivity contribution in [3.63, 3.8) is 0 Å². The number of hydrogen-bond donors (Lipinski definition) is 1. The van der Waals surface area contributed by atoms with Gasteiger partial charge in [0, 0.05) is 31.1 Å². The van der Waals surface area contributed by atoms with Gasteiger partial charge in [-0.2, -0.15) is 5.10 Å². The van der Waals surface area contributed by atoms with E-state index in [2.05, 4.69) is 15.4 Å². The third-order valence-corrected chi connectivity index (χ3v) is 5.48. The fourth-order valence-electron chi connectivity index (χ4n) is 3.10. The summed E-state index contributed by atoms with van der Waals surface area (Å²) in [7, 11) is 1.90. The Kier molecular flexibility index (Phi) is 5.63. The fourth-order valence-corrected chi connectivity index (χ4v) is 3.89. The minimum absolute atomic E-state index is 0.221. The van der Waals surface area contributed by atoms with Gasteiger partial charge in [-0.25, -0.2) is 4.98 Å². The van der Waals surface area contributed by atoms with Crippen molar-refractivity contribution in [1.29, 1.82) is 0 Å². The van der Waals surface area contributed by atoms with E-state index in [0.717, 1.165) is 43.7 Å². The molecule has 0 aromatic carbocycles. The van der Waals surface area contributed by atoms with Crippen LogP contribution in [0.2, 0.25) is 0 Å². The molecule has 3 rings (SSSR count). The van der Waals surface area contributed by atoms with Crippen LogP contribution < -0.4 is 5.32 Å². The maximum atomic E-state index is 12.8. The molecule has 1 N–H and O–H groups in total. The van der Waals surface area contributed by atoms with E-state index < -0.39 is 0 Å². The molecule has 1 aliphatic heterocycles. The van der Waals surface area contributed by atoms with E-state index in [4.69, 9.17) is 0 Å². The zero-order valence-electron chi connectivity index (χ0n) is 14.4. The monoisotopic (exact) mass is 347 g/mol. The van der Waals surface area contributed by atoms with Crippen molar-refractivity contribution in [1.82, 2.24) is 25.0 Å². The lowest BCUT2D eigenvalue weighted by molar-refractivity contribution is -0.132. The molecule has 0 unspecified atom stereocenters. The molecular formula is C17H25N5OS. The predicted octanol–water partition coefficient (Wildman–Crippen LogP) is 1.76. The van der Waals surface area contributed by atoms with Gasteiger partial charge in [0.25, 0.3) is 0 Å². The fraction of sp³-hybridized carbons (Fsp3) is 0.588.